The van der Waals surface area contributed by atoms with E-state index < -0.39 is 6.10 Å². The molecule has 0 radical (unpaired) electrons. The topological polar surface area (TPSA) is 90.7 Å². The maximum absolute atomic E-state index is 9.63. The van der Waals surface area contributed by atoms with Crippen LogP contribution in [0.4, 0.5) is 0 Å². The molecule has 0 saturated carbocycles. The van der Waals surface area contributed by atoms with E-state index in [2.05, 4.69) is 15.0 Å². The van der Waals surface area contributed by atoms with Crippen molar-refractivity contribution >= 4 is 10.9 Å². The third kappa shape index (κ3) is 1.70. The number of hydrogen-bond donors (Lipinski definition) is 4. The first-order valence-corrected chi connectivity index (χ1v) is 5.79. The zero-order valence-electron chi connectivity index (χ0n) is 9.72. The van der Waals surface area contributed by atoms with Crippen molar-refractivity contribution in [2.45, 2.75) is 6.10 Å². The number of aliphatic hydroxyl groups excluding tert-OH is 1. The van der Waals surface area contributed by atoms with E-state index >= 15 is 0 Å². The minimum Gasteiger partial charge on any atom is -0.384 e. The molecule has 5 nitrogen and oxygen atoms in total. The SMILES string of the molecule is NCC(O)c1ncc(-c2c[nH]c3ccccc23)[nH]1. The monoisotopic (exact) mass is 242 g/mol. The summed E-state index contributed by atoms with van der Waals surface area (Å²) in [7, 11) is 0. The fraction of sp³-hybridized carbons (Fsp3) is 0.154. The Morgan fingerprint density at radius 2 is 2.17 bits per heavy atom. The molecule has 0 amide bonds. The average Bonchev–Trinajstić information content (AvgIpc) is 3.03. The van der Waals surface area contributed by atoms with E-state index in [0.717, 1.165) is 22.2 Å². The zero-order chi connectivity index (χ0) is 12.5. The van der Waals surface area contributed by atoms with Gasteiger partial charge in [-0.05, 0) is 6.07 Å². The molecule has 1 aromatic carbocycles. The van der Waals surface area contributed by atoms with E-state index in [-0.39, 0.29) is 6.54 Å². The quantitative estimate of drug-likeness (QED) is 0.561. The lowest BCUT2D eigenvalue weighted by molar-refractivity contribution is 0.177. The van der Waals surface area contributed by atoms with Gasteiger partial charge in [0.25, 0.3) is 0 Å². The van der Waals surface area contributed by atoms with Crippen LogP contribution in [-0.2, 0) is 0 Å². The number of aromatic nitrogens is 3. The van der Waals surface area contributed by atoms with Crippen molar-refractivity contribution in [3.63, 3.8) is 0 Å². The van der Waals surface area contributed by atoms with Crippen LogP contribution in [0.25, 0.3) is 22.2 Å². The minimum absolute atomic E-state index is 0.154. The van der Waals surface area contributed by atoms with E-state index in [4.69, 9.17) is 5.73 Å². The number of aromatic amines is 2. The zero-order valence-corrected chi connectivity index (χ0v) is 9.72. The summed E-state index contributed by atoms with van der Waals surface area (Å²) in [6, 6.07) is 8.04. The van der Waals surface area contributed by atoms with Gasteiger partial charge in [-0.2, -0.15) is 0 Å². The van der Waals surface area contributed by atoms with Gasteiger partial charge >= 0.3 is 0 Å². The van der Waals surface area contributed by atoms with Gasteiger partial charge in [0.1, 0.15) is 11.9 Å². The van der Waals surface area contributed by atoms with Gasteiger partial charge < -0.3 is 20.8 Å². The van der Waals surface area contributed by atoms with E-state index in [1.54, 1.807) is 6.20 Å². The molecule has 5 N–H and O–H groups in total. The van der Waals surface area contributed by atoms with E-state index in [1.165, 1.54) is 0 Å². The maximum Gasteiger partial charge on any atom is 0.136 e. The number of nitrogens with zero attached hydrogens (tertiary/aromatic N) is 1. The molecule has 18 heavy (non-hydrogen) atoms. The van der Waals surface area contributed by atoms with Gasteiger partial charge in [-0.1, -0.05) is 18.2 Å². The second-order valence-corrected chi connectivity index (χ2v) is 4.18. The maximum atomic E-state index is 9.63. The normalized spacial score (nSPS) is 13.0. The first kappa shape index (κ1) is 11.0. The Balaban J connectivity index is 2.07. The van der Waals surface area contributed by atoms with Crippen LogP contribution in [0.3, 0.4) is 0 Å². The standard InChI is InChI=1S/C13H14N4O/c14-5-12(18)13-16-7-11(17-13)9-6-15-10-4-2-1-3-8(9)10/h1-4,6-7,12,15,18H,5,14H2,(H,16,17). The molecule has 92 valence electrons. The summed E-state index contributed by atoms with van der Waals surface area (Å²) in [5.41, 5.74) is 8.38. The Bertz CT molecular complexity index is 670. The molecule has 2 aromatic heterocycles. The van der Waals surface area contributed by atoms with E-state index in [0.29, 0.717) is 5.82 Å². The lowest BCUT2D eigenvalue weighted by atomic mass is 10.1. The lowest BCUT2D eigenvalue weighted by Crippen LogP contribution is -2.12. The molecule has 0 aliphatic carbocycles. The van der Waals surface area contributed by atoms with Gasteiger partial charge in [-0.25, -0.2) is 4.98 Å². The van der Waals surface area contributed by atoms with Crippen LogP contribution in [-0.4, -0.2) is 26.6 Å². The number of fused-ring (bicyclic) bond motifs is 1. The van der Waals surface area contributed by atoms with Crippen LogP contribution in [0.1, 0.15) is 11.9 Å². The second-order valence-electron chi connectivity index (χ2n) is 4.18. The fourth-order valence-electron chi connectivity index (χ4n) is 2.05. The van der Waals surface area contributed by atoms with Gasteiger partial charge in [-0.3, -0.25) is 0 Å². The van der Waals surface area contributed by atoms with Gasteiger partial charge in [0, 0.05) is 29.2 Å². The Morgan fingerprint density at radius 1 is 1.33 bits per heavy atom. The lowest BCUT2D eigenvalue weighted by Gasteiger charge is -2.02. The van der Waals surface area contributed by atoms with Gasteiger partial charge in [-0.15, -0.1) is 0 Å². The molecule has 0 aliphatic rings. The molecule has 0 fully saturated rings. The first-order valence-electron chi connectivity index (χ1n) is 5.79. The highest BCUT2D eigenvalue weighted by molar-refractivity contribution is 5.94. The molecule has 1 unspecified atom stereocenters. The molecule has 3 rings (SSSR count). The van der Waals surface area contributed by atoms with Crippen LogP contribution >= 0.6 is 0 Å². The highest BCUT2D eigenvalue weighted by Gasteiger charge is 2.12. The fourth-order valence-corrected chi connectivity index (χ4v) is 2.05. The smallest absolute Gasteiger partial charge is 0.136 e. The van der Waals surface area contributed by atoms with Gasteiger partial charge in [0.15, 0.2) is 0 Å². The molecule has 0 bridgehead atoms. The second kappa shape index (κ2) is 4.29. The number of hydrogen-bond acceptors (Lipinski definition) is 3. The first-order chi connectivity index (χ1) is 8.79. The van der Waals surface area contributed by atoms with E-state index in [1.807, 2.05) is 30.5 Å². The number of nitrogens with two attached hydrogens (primary N) is 1. The van der Waals surface area contributed by atoms with Crippen LogP contribution in [0.2, 0.25) is 0 Å². The molecular formula is C13H14N4O. The summed E-state index contributed by atoms with van der Waals surface area (Å²) >= 11 is 0. The van der Waals surface area contributed by atoms with E-state index in [9.17, 15) is 5.11 Å². The molecule has 0 spiro atoms. The van der Waals surface area contributed by atoms with Crippen molar-refractivity contribution in [1.29, 1.82) is 0 Å². The van der Waals surface area contributed by atoms with Crippen LogP contribution in [0.15, 0.2) is 36.7 Å². The number of aliphatic hydroxyl groups is 1. The van der Waals surface area contributed by atoms with Crippen LogP contribution < -0.4 is 5.73 Å². The Morgan fingerprint density at radius 3 is 3.00 bits per heavy atom. The average molecular weight is 242 g/mol. The highest BCUT2D eigenvalue weighted by Crippen LogP contribution is 2.27. The summed E-state index contributed by atoms with van der Waals surface area (Å²) in [4.78, 5) is 10.5. The molecule has 1 atom stereocenters. The molecule has 0 saturated heterocycles. The number of imidazole rings is 1. The molecular weight excluding hydrogens is 228 g/mol. The molecule has 5 heteroatoms. The Kier molecular flexibility index (Phi) is 2.62. The summed E-state index contributed by atoms with van der Waals surface area (Å²) < 4.78 is 0. The minimum atomic E-state index is -0.746. The van der Waals surface area contributed by atoms with Gasteiger partial charge in [0.2, 0.25) is 0 Å². The molecule has 0 aliphatic heterocycles. The van der Waals surface area contributed by atoms with Crippen molar-refractivity contribution in [1.82, 2.24) is 15.0 Å². The number of para-hydroxylation sites is 1. The number of nitrogens with one attached hydrogen (secondary N) is 2. The van der Waals surface area contributed by atoms with Crippen molar-refractivity contribution in [3.05, 3.63) is 42.5 Å². The van der Waals surface area contributed by atoms with Gasteiger partial charge in [0.05, 0.1) is 11.9 Å². The molecule has 2 heterocycles. The van der Waals surface area contributed by atoms with Crippen molar-refractivity contribution in [2.24, 2.45) is 5.73 Å². The third-order valence-electron chi connectivity index (χ3n) is 3.01. The van der Waals surface area contributed by atoms with Crippen molar-refractivity contribution < 1.29 is 5.11 Å². The van der Waals surface area contributed by atoms with Crippen molar-refractivity contribution in [3.8, 4) is 11.3 Å². The predicted molar refractivity (Wildman–Crippen MR) is 69.9 cm³/mol. The summed E-state index contributed by atoms with van der Waals surface area (Å²) in [6.45, 7) is 0.154. The third-order valence-corrected chi connectivity index (χ3v) is 3.01. The number of H-pyrrole nitrogens is 2. The Hall–Kier alpha value is -2.11. The predicted octanol–water partition coefficient (Wildman–Crippen LogP) is 1.55. The summed E-state index contributed by atoms with van der Waals surface area (Å²) in [6.07, 6.45) is 2.89. The summed E-state index contributed by atoms with van der Waals surface area (Å²) in [5, 5.41) is 10.7. The van der Waals surface area contributed by atoms with Crippen LogP contribution in [0.5, 0.6) is 0 Å². The summed E-state index contributed by atoms with van der Waals surface area (Å²) in [5.74, 6) is 0.498. The van der Waals surface area contributed by atoms with Crippen LogP contribution in [0, 0.1) is 0 Å². The molecule has 3 aromatic rings. The highest BCUT2D eigenvalue weighted by atomic mass is 16.3. The Labute approximate surface area is 104 Å². The largest absolute Gasteiger partial charge is 0.384 e. The van der Waals surface area contributed by atoms with Crippen molar-refractivity contribution in [2.75, 3.05) is 6.54 Å². The number of benzene rings is 1. The number of rotatable bonds is 3.